The van der Waals surface area contributed by atoms with E-state index in [0.29, 0.717) is 12.1 Å². The largest absolute Gasteiger partial charge is 0.497 e. The Morgan fingerprint density at radius 1 is 0.970 bits per heavy atom. The molecule has 6 heteroatoms. The molecule has 2 saturated carbocycles. The first-order chi connectivity index (χ1) is 16.2. The van der Waals surface area contributed by atoms with Crippen molar-refractivity contribution in [3.8, 4) is 11.4 Å². The van der Waals surface area contributed by atoms with Crippen LogP contribution in [-0.2, 0) is 4.79 Å². The molecule has 0 spiro atoms. The van der Waals surface area contributed by atoms with E-state index in [2.05, 4.69) is 10.6 Å². The van der Waals surface area contributed by atoms with Gasteiger partial charge in [0.25, 0.3) is 5.91 Å². The van der Waals surface area contributed by atoms with Gasteiger partial charge in [-0.25, -0.2) is 0 Å². The quantitative estimate of drug-likeness (QED) is 0.481. The van der Waals surface area contributed by atoms with Crippen LogP contribution < -0.4 is 4.74 Å². The molecule has 33 heavy (non-hydrogen) atoms. The minimum absolute atomic E-state index is 0.129. The fourth-order valence-electron chi connectivity index (χ4n) is 5.23. The van der Waals surface area contributed by atoms with Crippen molar-refractivity contribution in [2.24, 2.45) is 4.99 Å². The SMILES string of the molecule is COc1ccc(-n2cccc2/C=C2\SC(=NC3CCCCC3)N(C3CCCCC3)C2=O)cc1. The molecule has 0 atom stereocenters. The second-order valence-corrected chi connectivity index (χ2v) is 10.3. The second kappa shape index (κ2) is 10.2. The van der Waals surface area contributed by atoms with E-state index in [4.69, 9.17) is 9.73 Å². The second-order valence-electron chi connectivity index (χ2n) is 9.28. The van der Waals surface area contributed by atoms with Gasteiger partial charge in [0, 0.05) is 23.6 Å². The maximum atomic E-state index is 13.6. The van der Waals surface area contributed by atoms with Crippen LogP contribution in [0.1, 0.15) is 69.9 Å². The highest BCUT2D eigenvalue weighted by atomic mass is 32.2. The number of hydrogen-bond donors (Lipinski definition) is 0. The summed E-state index contributed by atoms with van der Waals surface area (Å²) in [7, 11) is 1.67. The normalized spacial score (nSPS) is 23.1. The minimum Gasteiger partial charge on any atom is -0.497 e. The van der Waals surface area contributed by atoms with E-state index in [1.165, 1.54) is 38.5 Å². The third kappa shape index (κ3) is 4.91. The van der Waals surface area contributed by atoms with Crippen molar-refractivity contribution in [3.63, 3.8) is 0 Å². The lowest BCUT2D eigenvalue weighted by molar-refractivity contribution is -0.124. The Morgan fingerprint density at radius 3 is 2.36 bits per heavy atom. The summed E-state index contributed by atoms with van der Waals surface area (Å²) in [6, 6.07) is 12.7. The van der Waals surface area contributed by atoms with Crippen molar-refractivity contribution in [2.75, 3.05) is 7.11 Å². The Hall–Kier alpha value is -2.47. The number of methoxy groups -OCH3 is 1. The Labute approximate surface area is 200 Å². The first-order valence-electron chi connectivity index (χ1n) is 12.4. The predicted octanol–water partition coefficient (Wildman–Crippen LogP) is 6.42. The number of hydrogen-bond acceptors (Lipinski definition) is 4. The fraction of sp³-hybridized carbons (Fsp3) is 0.481. The van der Waals surface area contributed by atoms with Crippen LogP contribution in [0.4, 0.5) is 0 Å². The zero-order chi connectivity index (χ0) is 22.6. The monoisotopic (exact) mass is 463 g/mol. The molecule has 2 aliphatic carbocycles. The van der Waals surface area contributed by atoms with Gasteiger partial charge in [-0.1, -0.05) is 38.5 Å². The van der Waals surface area contributed by atoms with Crippen LogP contribution >= 0.6 is 11.8 Å². The van der Waals surface area contributed by atoms with Crippen molar-refractivity contribution < 1.29 is 9.53 Å². The summed E-state index contributed by atoms with van der Waals surface area (Å²) in [6.45, 7) is 0. The molecule has 2 heterocycles. The van der Waals surface area contributed by atoms with Gasteiger partial charge in [-0.15, -0.1) is 0 Å². The molecule has 1 saturated heterocycles. The summed E-state index contributed by atoms with van der Waals surface area (Å²) in [5.41, 5.74) is 2.04. The van der Waals surface area contributed by atoms with Crippen LogP contribution in [0.15, 0.2) is 52.5 Å². The first-order valence-corrected chi connectivity index (χ1v) is 13.2. The molecule has 1 aromatic heterocycles. The maximum absolute atomic E-state index is 13.6. The van der Waals surface area contributed by atoms with Crippen molar-refractivity contribution >= 4 is 28.9 Å². The third-order valence-corrected chi connectivity index (χ3v) is 8.05. The summed E-state index contributed by atoms with van der Waals surface area (Å²) in [4.78, 5) is 21.6. The highest BCUT2D eigenvalue weighted by molar-refractivity contribution is 8.18. The number of nitrogens with zero attached hydrogens (tertiary/aromatic N) is 3. The standard InChI is InChI=1S/C27H33N3O2S/c1-32-24-16-14-21(15-17-24)29-18-8-13-23(29)19-25-26(31)30(22-11-6-3-7-12-22)27(33-25)28-20-9-4-2-5-10-20/h8,13-20,22H,2-7,9-12H2,1H3/b25-19-,28-27?. The van der Waals surface area contributed by atoms with Crippen LogP contribution in [-0.4, -0.2) is 39.7 Å². The van der Waals surface area contributed by atoms with Crippen LogP contribution in [0.3, 0.4) is 0 Å². The number of rotatable bonds is 5. The van der Waals surface area contributed by atoms with Crippen LogP contribution in [0.25, 0.3) is 11.8 Å². The molecule has 3 fully saturated rings. The average Bonchev–Trinajstić information content (AvgIpc) is 3.45. The molecule has 0 N–H and O–H groups in total. The van der Waals surface area contributed by atoms with Gasteiger partial charge in [0.05, 0.1) is 18.1 Å². The average molecular weight is 464 g/mol. The summed E-state index contributed by atoms with van der Waals surface area (Å²) in [6.07, 6.45) is 16.0. The molecule has 1 aromatic carbocycles. The topological polar surface area (TPSA) is 46.8 Å². The molecular weight excluding hydrogens is 430 g/mol. The van der Waals surface area contributed by atoms with E-state index in [-0.39, 0.29) is 5.91 Å². The lowest BCUT2D eigenvalue weighted by Crippen LogP contribution is -2.41. The molecule has 1 amide bonds. The Balaban J connectivity index is 1.45. The van der Waals surface area contributed by atoms with Crippen molar-refractivity contribution in [1.82, 2.24) is 9.47 Å². The third-order valence-electron chi connectivity index (χ3n) is 7.05. The molecule has 2 aromatic rings. The predicted molar refractivity (Wildman–Crippen MR) is 136 cm³/mol. The lowest BCUT2D eigenvalue weighted by Gasteiger charge is -2.31. The van der Waals surface area contributed by atoms with Gasteiger partial charge in [0.15, 0.2) is 5.17 Å². The Kier molecular flexibility index (Phi) is 6.91. The highest BCUT2D eigenvalue weighted by Gasteiger charge is 2.39. The summed E-state index contributed by atoms with van der Waals surface area (Å²) in [5, 5.41) is 0.938. The van der Waals surface area contributed by atoms with Crippen LogP contribution in [0.2, 0.25) is 0 Å². The number of amides is 1. The molecule has 3 aliphatic rings. The Morgan fingerprint density at radius 2 is 1.67 bits per heavy atom. The number of carbonyl (C=O) groups is 1. The van der Waals surface area contributed by atoms with E-state index >= 15 is 0 Å². The van der Waals surface area contributed by atoms with E-state index in [1.807, 2.05) is 47.5 Å². The smallest absolute Gasteiger partial charge is 0.267 e. The molecule has 0 bridgehead atoms. The highest BCUT2D eigenvalue weighted by Crippen LogP contribution is 2.38. The number of carbonyl (C=O) groups excluding carboxylic acids is 1. The zero-order valence-corrected chi connectivity index (χ0v) is 20.2. The van der Waals surface area contributed by atoms with Crippen molar-refractivity contribution in [1.29, 1.82) is 0 Å². The van der Waals surface area contributed by atoms with Gasteiger partial charge in [0.2, 0.25) is 0 Å². The van der Waals surface area contributed by atoms with Crippen LogP contribution in [0.5, 0.6) is 5.75 Å². The molecule has 0 radical (unpaired) electrons. The lowest BCUT2D eigenvalue weighted by atomic mass is 9.94. The maximum Gasteiger partial charge on any atom is 0.267 e. The summed E-state index contributed by atoms with van der Waals surface area (Å²) >= 11 is 1.58. The number of aromatic nitrogens is 1. The Bertz CT molecular complexity index is 1030. The zero-order valence-electron chi connectivity index (χ0n) is 19.4. The minimum atomic E-state index is 0.129. The summed E-state index contributed by atoms with van der Waals surface area (Å²) < 4.78 is 7.41. The number of amidine groups is 1. The number of thioether (sulfide) groups is 1. The molecule has 0 unspecified atom stereocenters. The molecular formula is C27H33N3O2S. The van der Waals surface area contributed by atoms with Gasteiger partial charge in [-0.2, -0.15) is 0 Å². The van der Waals surface area contributed by atoms with E-state index < -0.39 is 0 Å². The van der Waals surface area contributed by atoms with Gasteiger partial charge >= 0.3 is 0 Å². The fourth-order valence-corrected chi connectivity index (χ4v) is 6.32. The van der Waals surface area contributed by atoms with Crippen molar-refractivity contribution in [2.45, 2.75) is 76.3 Å². The number of ether oxygens (including phenoxy) is 1. The molecule has 1 aliphatic heterocycles. The summed E-state index contributed by atoms with van der Waals surface area (Å²) in [5.74, 6) is 0.961. The van der Waals surface area contributed by atoms with E-state index in [1.54, 1.807) is 18.9 Å². The van der Waals surface area contributed by atoms with Crippen molar-refractivity contribution in [3.05, 3.63) is 53.2 Å². The molecule has 174 valence electrons. The van der Waals surface area contributed by atoms with Gasteiger partial charge in [-0.05, 0) is 79.9 Å². The number of aliphatic imine (C=N–C) groups is 1. The molecule has 5 nitrogen and oxygen atoms in total. The molecule has 5 rings (SSSR count). The van der Waals surface area contributed by atoms with Gasteiger partial charge < -0.3 is 9.30 Å². The van der Waals surface area contributed by atoms with Gasteiger partial charge in [0.1, 0.15) is 5.75 Å². The van der Waals surface area contributed by atoms with E-state index in [0.717, 1.165) is 52.9 Å². The van der Waals surface area contributed by atoms with Crippen LogP contribution in [0, 0.1) is 0 Å². The first kappa shape index (κ1) is 22.3. The van der Waals surface area contributed by atoms with Gasteiger partial charge in [-0.3, -0.25) is 14.7 Å². The van der Waals surface area contributed by atoms with E-state index in [9.17, 15) is 4.79 Å². The number of benzene rings is 1.